The summed E-state index contributed by atoms with van der Waals surface area (Å²) in [6.07, 6.45) is 2.99. The number of hydrogen-bond acceptors (Lipinski definition) is 1. The van der Waals surface area contributed by atoms with Gasteiger partial charge in [0.2, 0.25) is 0 Å². The molecule has 0 aliphatic heterocycles. The summed E-state index contributed by atoms with van der Waals surface area (Å²) in [7, 11) is 0. The molecule has 3 N–H and O–H groups in total. The van der Waals surface area contributed by atoms with Crippen LogP contribution in [0.1, 0.15) is 24.0 Å². The number of aromatic amines is 1. The standard InChI is InChI=1S/C19H21FN2/c1-13-8-9-18-17(11-13)16(7-2-3-10-21)19(22-18)14-5-4-6-15(20)12-14/h4-6,8-9,11-12,22H,2-3,7,10,21H2,1H3. The molecule has 1 heterocycles. The molecule has 0 aliphatic carbocycles. The molecule has 22 heavy (non-hydrogen) atoms. The van der Waals surface area contributed by atoms with Crippen molar-refractivity contribution in [1.29, 1.82) is 0 Å². The second-order valence-corrected chi connectivity index (χ2v) is 5.78. The van der Waals surface area contributed by atoms with Gasteiger partial charge in [-0.3, -0.25) is 0 Å². The molecule has 3 heteroatoms. The molecule has 3 aromatic rings. The Labute approximate surface area is 130 Å². The van der Waals surface area contributed by atoms with Crippen molar-refractivity contribution in [2.75, 3.05) is 6.54 Å². The molecule has 114 valence electrons. The molecule has 2 nitrogen and oxygen atoms in total. The summed E-state index contributed by atoms with van der Waals surface area (Å²) in [5, 5.41) is 1.23. The monoisotopic (exact) mass is 296 g/mol. The van der Waals surface area contributed by atoms with Crippen LogP contribution in [0.15, 0.2) is 42.5 Å². The van der Waals surface area contributed by atoms with Crippen molar-refractivity contribution in [2.24, 2.45) is 5.73 Å². The molecule has 0 radical (unpaired) electrons. The van der Waals surface area contributed by atoms with Gasteiger partial charge in [-0.2, -0.15) is 0 Å². The van der Waals surface area contributed by atoms with Crippen molar-refractivity contribution in [3.05, 3.63) is 59.4 Å². The Morgan fingerprint density at radius 3 is 2.73 bits per heavy atom. The number of nitrogens with one attached hydrogen (secondary N) is 1. The zero-order chi connectivity index (χ0) is 15.5. The third kappa shape index (κ3) is 2.90. The fraction of sp³-hybridized carbons (Fsp3) is 0.263. The van der Waals surface area contributed by atoms with E-state index in [9.17, 15) is 4.39 Å². The lowest BCUT2D eigenvalue weighted by molar-refractivity contribution is 0.628. The van der Waals surface area contributed by atoms with E-state index < -0.39 is 0 Å². The van der Waals surface area contributed by atoms with Crippen LogP contribution >= 0.6 is 0 Å². The number of benzene rings is 2. The zero-order valence-electron chi connectivity index (χ0n) is 12.8. The minimum Gasteiger partial charge on any atom is -0.354 e. The van der Waals surface area contributed by atoms with Gasteiger partial charge in [0, 0.05) is 22.2 Å². The van der Waals surface area contributed by atoms with E-state index in [1.54, 1.807) is 12.1 Å². The quantitative estimate of drug-likeness (QED) is 0.666. The summed E-state index contributed by atoms with van der Waals surface area (Å²) in [6, 6.07) is 13.2. The normalized spacial score (nSPS) is 11.2. The maximum atomic E-state index is 13.6. The summed E-state index contributed by atoms with van der Waals surface area (Å²) in [5.41, 5.74) is 11.1. The summed E-state index contributed by atoms with van der Waals surface area (Å²) < 4.78 is 13.6. The molecule has 3 rings (SSSR count). The molecule has 0 spiro atoms. The van der Waals surface area contributed by atoms with E-state index in [2.05, 4.69) is 30.1 Å². The summed E-state index contributed by atoms with van der Waals surface area (Å²) >= 11 is 0. The van der Waals surface area contributed by atoms with E-state index in [4.69, 9.17) is 5.73 Å². The number of hydrogen-bond donors (Lipinski definition) is 2. The fourth-order valence-corrected chi connectivity index (χ4v) is 2.96. The first kappa shape index (κ1) is 14.8. The predicted octanol–water partition coefficient (Wildman–Crippen LogP) is 4.56. The number of H-pyrrole nitrogens is 1. The van der Waals surface area contributed by atoms with Gasteiger partial charge in [-0.05, 0) is 62.6 Å². The number of halogens is 1. The molecule has 0 amide bonds. The number of fused-ring (bicyclic) bond motifs is 1. The highest BCUT2D eigenvalue weighted by molar-refractivity contribution is 5.91. The van der Waals surface area contributed by atoms with Crippen LogP contribution in [0.25, 0.3) is 22.2 Å². The molecule has 0 saturated carbocycles. The Morgan fingerprint density at radius 1 is 1.09 bits per heavy atom. The van der Waals surface area contributed by atoms with Gasteiger partial charge >= 0.3 is 0 Å². The predicted molar refractivity (Wildman–Crippen MR) is 90.4 cm³/mol. The number of unbranched alkanes of at least 4 members (excludes halogenated alkanes) is 1. The molecule has 0 saturated heterocycles. The average Bonchev–Trinajstić information content (AvgIpc) is 2.86. The van der Waals surface area contributed by atoms with Gasteiger partial charge in [-0.25, -0.2) is 4.39 Å². The Morgan fingerprint density at radius 2 is 1.95 bits per heavy atom. The maximum absolute atomic E-state index is 13.6. The lowest BCUT2D eigenvalue weighted by Crippen LogP contribution is -1.99. The van der Waals surface area contributed by atoms with E-state index in [1.807, 2.05) is 6.07 Å². The number of aryl methyl sites for hydroxylation is 2. The van der Waals surface area contributed by atoms with Crippen molar-refractivity contribution in [2.45, 2.75) is 26.2 Å². The highest BCUT2D eigenvalue weighted by Crippen LogP contribution is 2.32. The highest BCUT2D eigenvalue weighted by atomic mass is 19.1. The number of rotatable bonds is 5. The van der Waals surface area contributed by atoms with E-state index >= 15 is 0 Å². The molecule has 0 bridgehead atoms. The smallest absolute Gasteiger partial charge is 0.123 e. The number of aromatic nitrogens is 1. The minimum atomic E-state index is -0.208. The zero-order valence-corrected chi connectivity index (χ0v) is 12.8. The summed E-state index contributed by atoms with van der Waals surface area (Å²) in [6.45, 7) is 2.80. The van der Waals surface area contributed by atoms with Crippen molar-refractivity contribution >= 4 is 10.9 Å². The number of nitrogens with two attached hydrogens (primary N) is 1. The lowest BCUT2D eigenvalue weighted by Gasteiger charge is -2.05. The van der Waals surface area contributed by atoms with Gasteiger partial charge in [0.05, 0.1) is 0 Å². The van der Waals surface area contributed by atoms with Crippen LogP contribution in [0.4, 0.5) is 4.39 Å². The molecule has 1 aromatic heterocycles. The van der Waals surface area contributed by atoms with Crippen molar-refractivity contribution in [3.8, 4) is 11.3 Å². The van der Waals surface area contributed by atoms with Crippen LogP contribution < -0.4 is 5.73 Å². The summed E-state index contributed by atoms with van der Waals surface area (Å²) in [5.74, 6) is -0.208. The van der Waals surface area contributed by atoms with E-state index in [0.29, 0.717) is 6.54 Å². The highest BCUT2D eigenvalue weighted by Gasteiger charge is 2.13. The molecule has 0 aliphatic rings. The molecule has 0 unspecified atom stereocenters. The Balaban J connectivity index is 2.13. The SMILES string of the molecule is Cc1ccc2[nH]c(-c3cccc(F)c3)c(CCCCN)c2c1. The van der Waals surface area contributed by atoms with Gasteiger partial charge in [-0.15, -0.1) is 0 Å². The van der Waals surface area contributed by atoms with Crippen LogP contribution in [0.2, 0.25) is 0 Å². The fourth-order valence-electron chi connectivity index (χ4n) is 2.96. The third-order valence-electron chi connectivity index (χ3n) is 4.06. The first-order valence-corrected chi connectivity index (χ1v) is 7.76. The van der Waals surface area contributed by atoms with E-state index in [0.717, 1.165) is 36.0 Å². The van der Waals surface area contributed by atoms with Crippen molar-refractivity contribution < 1.29 is 4.39 Å². The lowest BCUT2D eigenvalue weighted by atomic mass is 9.99. The van der Waals surface area contributed by atoms with Gasteiger partial charge in [0.1, 0.15) is 5.82 Å². The van der Waals surface area contributed by atoms with Gasteiger partial charge in [0.15, 0.2) is 0 Å². The molecular formula is C19H21FN2. The van der Waals surface area contributed by atoms with E-state index in [1.165, 1.54) is 22.6 Å². The van der Waals surface area contributed by atoms with Crippen LogP contribution in [-0.2, 0) is 6.42 Å². The van der Waals surface area contributed by atoms with Gasteiger partial charge in [0.25, 0.3) is 0 Å². The summed E-state index contributed by atoms with van der Waals surface area (Å²) in [4.78, 5) is 3.46. The first-order chi connectivity index (χ1) is 10.7. The Kier molecular flexibility index (Phi) is 4.25. The average molecular weight is 296 g/mol. The molecule has 2 aromatic carbocycles. The van der Waals surface area contributed by atoms with Crippen LogP contribution in [0, 0.1) is 12.7 Å². The topological polar surface area (TPSA) is 41.8 Å². The minimum absolute atomic E-state index is 0.208. The van der Waals surface area contributed by atoms with E-state index in [-0.39, 0.29) is 5.82 Å². The molecular weight excluding hydrogens is 275 g/mol. The third-order valence-corrected chi connectivity index (χ3v) is 4.06. The Hall–Kier alpha value is -2.13. The first-order valence-electron chi connectivity index (χ1n) is 7.76. The maximum Gasteiger partial charge on any atom is 0.123 e. The Bertz CT molecular complexity index is 789. The van der Waals surface area contributed by atoms with Crippen molar-refractivity contribution in [3.63, 3.8) is 0 Å². The molecule has 0 atom stereocenters. The largest absolute Gasteiger partial charge is 0.354 e. The molecule has 0 fully saturated rings. The van der Waals surface area contributed by atoms with Crippen LogP contribution in [0.5, 0.6) is 0 Å². The van der Waals surface area contributed by atoms with Crippen LogP contribution in [-0.4, -0.2) is 11.5 Å². The van der Waals surface area contributed by atoms with Crippen LogP contribution in [0.3, 0.4) is 0 Å². The van der Waals surface area contributed by atoms with Gasteiger partial charge < -0.3 is 10.7 Å². The second kappa shape index (κ2) is 6.32. The van der Waals surface area contributed by atoms with Crippen molar-refractivity contribution in [1.82, 2.24) is 4.98 Å². The second-order valence-electron chi connectivity index (χ2n) is 5.78. The van der Waals surface area contributed by atoms with Gasteiger partial charge in [-0.1, -0.05) is 23.8 Å².